The van der Waals surface area contributed by atoms with Crippen molar-refractivity contribution in [3.63, 3.8) is 0 Å². The fourth-order valence-electron chi connectivity index (χ4n) is 4.33. The summed E-state index contributed by atoms with van der Waals surface area (Å²) in [4.78, 5) is 23.4. The van der Waals surface area contributed by atoms with Gasteiger partial charge in [0.1, 0.15) is 17.0 Å². The molecule has 33 heavy (non-hydrogen) atoms. The van der Waals surface area contributed by atoms with Crippen LogP contribution in [0.25, 0.3) is 27.9 Å². The molecule has 0 radical (unpaired) electrons. The number of aryl methyl sites for hydroxylation is 1. The van der Waals surface area contributed by atoms with Gasteiger partial charge in [-0.3, -0.25) is 14.2 Å². The van der Waals surface area contributed by atoms with Crippen LogP contribution in [0.1, 0.15) is 48.0 Å². The van der Waals surface area contributed by atoms with Gasteiger partial charge in [0.2, 0.25) is 0 Å². The molecular formula is C23H23F3N6O. The van der Waals surface area contributed by atoms with Gasteiger partial charge in [0, 0.05) is 30.9 Å². The summed E-state index contributed by atoms with van der Waals surface area (Å²) >= 11 is 0. The van der Waals surface area contributed by atoms with E-state index >= 15 is 0 Å². The topological polar surface area (TPSA) is 68.3 Å². The fourth-order valence-corrected chi connectivity index (χ4v) is 4.33. The van der Waals surface area contributed by atoms with Crippen LogP contribution in [0, 0.1) is 6.92 Å². The van der Waals surface area contributed by atoms with Crippen molar-refractivity contribution in [1.29, 1.82) is 0 Å². The van der Waals surface area contributed by atoms with Crippen LogP contribution in [0.5, 0.6) is 0 Å². The predicted molar refractivity (Wildman–Crippen MR) is 117 cm³/mol. The van der Waals surface area contributed by atoms with Crippen LogP contribution in [-0.4, -0.2) is 54.5 Å². The molecule has 1 aliphatic heterocycles. The molecular weight excluding hydrogens is 433 g/mol. The van der Waals surface area contributed by atoms with Gasteiger partial charge >= 0.3 is 0 Å². The number of hydrogen-bond donors (Lipinski definition) is 0. The van der Waals surface area contributed by atoms with Crippen LogP contribution in [-0.2, 0) is 0 Å². The van der Waals surface area contributed by atoms with E-state index in [1.807, 2.05) is 25.3 Å². The summed E-state index contributed by atoms with van der Waals surface area (Å²) in [5.41, 5.74) is 2.58. The fraction of sp³-hybridized carbons (Fsp3) is 0.391. The standard InChI is InChI=1S/C23H23F3N6O/c1-14-6-7-19-28-12-18(31(19)13-14)20-15-11-27-16(23(33)30-8-4-2-3-5-9-30)10-17(15)32(29-20)22(26)21(24)25/h6-7,10-13,21-22H,2-5,8-9H2,1H3. The molecule has 4 aromatic rings. The highest BCUT2D eigenvalue weighted by Gasteiger charge is 2.28. The van der Waals surface area contributed by atoms with Gasteiger partial charge in [-0.2, -0.15) is 5.10 Å². The molecule has 0 aliphatic carbocycles. The Morgan fingerprint density at radius 1 is 1.03 bits per heavy atom. The van der Waals surface area contributed by atoms with E-state index in [0.29, 0.717) is 34.5 Å². The van der Waals surface area contributed by atoms with Crippen LogP contribution >= 0.6 is 0 Å². The highest BCUT2D eigenvalue weighted by Crippen LogP contribution is 2.32. The Labute approximate surface area is 187 Å². The first kappa shape index (κ1) is 21.4. The maximum absolute atomic E-state index is 14.6. The third-order valence-electron chi connectivity index (χ3n) is 6.04. The van der Waals surface area contributed by atoms with Gasteiger partial charge in [-0.25, -0.2) is 22.8 Å². The second-order valence-corrected chi connectivity index (χ2v) is 8.37. The number of pyridine rings is 2. The molecule has 1 aliphatic rings. The Hall–Kier alpha value is -3.43. The lowest BCUT2D eigenvalue weighted by Crippen LogP contribution is -2.32. The number of carbonyl (C=O) groups excluding carboxylic acids is 1. The van der Waals surface area contributed by atoms with E-state index < -0.39 is 12.7 Å². The van der Waals surface area contributed by atoms with Gasteiger partial charge in [0.15, 0.2) is 0 Å². The van der Waals surface area contributed by atoms with E-state index in [9.17, 15) is 18.0 Å². The Bertz CT molecular complexity index is 1320. The van der Waals surface area contributed by atoms with Crippen LogP contribution in [0.15, 0.2) is 36.8 Å². The Morgan fingerprint density at radius 2 is 1.79 bits per heavy atom. The minimum Gasteiger partial charge on any atom is -0.337 e. The normalized spacial score (nSPS) is 16.0. The molecule has 0 N–H and O–H groups in total. The van der Waals surface area contributed by atoms with Gasteiger partial charge in [-0.1, -0.05) is 18.9 Å². The second-order valence-electron chi connectivity index (χ2n) is 8.37. The molecule has 0 saturated carbocycles. The second kappa shape index (κ2) is 8.49. The lowest BCUT2D eigenvalue weighted by molar-refractivity contribution is 0.00356. The van der Waals surface area contributed by atoms with E-state index in [1.54, 1.807) is 15.5 Å². The Morgan fingerprint density at radius 3 is 2.52 bits per heavy atom. The van der Waals surface area contributed by atoms with Gasteiger partial charge in [-0.05, 0) is 37.5 Å². The first-order chi connectivity index (χ1) is 15.9. The summed E-state index contributed by atoms with van der Waals surface area (Å²) in [6.45, 7) is 3.15. The van der Waals surface area contributed by atoms with Gasteiger partial charge in [-0.15, -0.1) is 0 Å². The average molecular weight is 456 g/mol. The van der Waals surface area contributed by atoms with Crippen molar-refractivity contribution in [1.82, 2.24) is 29.0 Å². The highest BCUT2D eigenvalue weighted by molar-refractivity contribution is 5.99. The van der Waals surface area contributed by atoms with E-state index in [0.717, 1.165) is 31.2 Å². The lowest BCUT2D eigenvalue weighted by Gasteiger charge is -2.19. The molecule has 1 amide bonds. The zero-order chi connectivity index (χ0) is 23.1. The number of fused-ring (bicyclic) bond motifs is 2. The molecule has 7 nitrogen and oxygen atoms in total. The summed E-state index contributed by atoms with van der Waals surface area (Å²) in [6, 6.07) is 5.09. The maximum atomic E-state index is 14.6. The Balaban J connectivity index is 1.65. The smallest absolute Gasteiger partial charge is 0.289 e. The molecule has 1 fully saturated rings. The summed E-state index contributed by atoms with van der Waals surface area (Å²) < 4.78 is 43.7. The molecule has 1 unspecified atom stereocenters. The van der Waals surface area contributed by atoms with Crippen molar-refractivity contribution >= 4 is 22.5 Å². The first-order valence-electron chi connectivity index (χ1n) is 11.0. The molecule has 5 rings (SSSR count). The largest absolute Gasteiger partial charge is 0.337 e. The zero-order valence-corrected chi connectivity index (χ0v) is 18.1. The van der Waals surface area contributed by atoms with Crippen molar-refractivity contribution in [2.75, 3.05) is 13.1 Å². The van der Waals surface area contributed by atoms with E-state index in [-0.39, 0.29) is 22.8 Å². The summed E-state index contributed by atoms with van der Waals surface area (Å²) in [6.07, 6.45) is 2.80. The number of halogens is 3. The SMILES string of the molecule is Cc1ccc2ncc(-c3nn(C(F)C(F)F)c4cc(C(=O)N5CCCCCC5)ncc34)n2c1. The zero-order valence-electron chi connectivity index (χ0n) is 18.1. The van der Waals surface area contributed by atoms with Crippen molar-refractivity contribution in [2.45, 2.75) is 45.3 Å². The van der Waals surface area contributed by atoms with Crippen molar-refractivity contribution in [2.24, 2.45) is 0 Å². The summed E-state index contributed by atoms with van der Waals surface area (Å²) in [5.74, 6) is -0.286. The quantitative estimate of drug-likeness (QED) is 0.442. The average Bonchev–Trinajstić information content (AvgIpc) is 3.27. The van der Waals surface area contributed by atoms with Gasteiger partial charge in [0.25, 0.3) is 18.6 Å². The maximum Gasteiger partial charge on any atom is 0.289 e. The highest BCUT2D eigenvalue weighted by atomic mass is 19.3. The summed E-state index contributed by atoms with van der Waals surface area (Å²) in [5, 5.41) is 4.57. The molecule has 1 saturated heterocycles. The molecule has 1 atom stereocenters. The van der Waals surface area contributed by atoms with Crippen molar-refractivity contribution < 1.29 is 18.0 Å². The molecule has 10 heteroatoms. The van der Waals surface area contributed by atoms with Gasteiger partial charge in [0.05, 0.1) is 17.4 Å². The summed E-state index contributed by atoms with van der Waals surface area (Å²) in [7, 11) is 0. The van der Waals surface area contributed by atoms with Gasteiger partial charge < -0.3 is 4.90 Å². The number of imidazole rings is 1. The number of rotatable bonds is 4. The van der Waals surface area contributed by atoms with E-state index in [1.165, 1.54) is 12.3 Å². The molecule has 5 heterocycles. The van der Waals surface area contributed by atoms with Crippen molar-refractivity contribution in [3.05, 3.63) is 48.0 Å². The molecule has 4 aromatic heterocycles. The van der Waals surface area contributed by atoms with Crippen LogP contribution in [0.4, 0.5) is 13.2 Å². The lowest BCUT2D eigenvalue weighted by atomic mass is 10.2. The van der Waals surface area contributed by atoms with Crippen molar-refractivity contribution in [3.8, 4) is 11.4 Å². The van der Waals surface area contributed by atoms with Crippen LogP contribution in [0.3, 0.4) is 0 Å². The minimum absolute atomic E-state index is 0.0903. The monoisotopic (exact) mass is 456 g/mol. The number of hydrogen-bond acceptors (Lipinski definition) is 4. The Kier molecular flexibility index (Phi) is 5.51. The third kappa shape index (κ3) is 3.83. The molecule has 172 valence electrons. The number of alkyl halides is 3. The van der Waals surface area contributed by atoms with Crippen LogP contribution < -0.4 is 0 Å². The first-order valence-corrected chi connectivity index (χ1v) is 11.0. The van der Waals surface area contributed by atoms with E-state index in [4.69, 9.17) is 0 Å². The van der Waals surface area contributed by atoms with E-state index in [2.05, 4.69) is 15.1 Å². The predicted octanol–water partition coefficient (Wildman–Crippen LogP) is 4.80. The molecule has 0 aromatic carbocycles. The minimum atomic E-state index is -3.27. The van der Waals surface area contributed by atoms with Crippen LogP contribution in [0.2, 0.25) is 0 Å². The number of likely N-dealkylation sites (tertiary alicyclic amines) is 1. The third-order valence-corrected chi connectivity index (χ3v) is 6.04. The number of amides is 1. The number of nitrogens with zero attached hydrogens (tertiary/aromatic N) is 6. The number of carbonyl (C=O) groups is 1. The number of aromatic nitrogens is 5. The molecule has 0 bridgehead atoms. The molecule has 0 spiro atoms.